The number of nitrogens with zero attached hydrogens (tertiary/aromatic N) is 2. The van der Waals surface area contributed by atoms with Crippen LogP contribution in [0, 0.1) is 6.92 Å². The minimum absolute atomic E-state index is 0.144. The third-order valence-corrected chi connectivity index (χ3v) is 3.58. The number of aromatic nitrogens is 1. The van der Waals surface area contributed by atoms with Crippen LogP contribution < -0.4 is 5.56 Å². The van der Waals surface area contributed by atoms with Gasteiger partial charge in [0, 0.05) is 31.8 Å². The summed E-state index contributed by atoms with van der Waals surface area (Å²) in [6.07, 6.45) is 3.02. The van der Waals surface area contributed by atoms with Gasteiger partial charge in [-0.3, -0.25) is 9.59 Å². The van der Waals surface area contributed by atoms with Crippen LogP contribution in [0.15, 0.2) is 23.1 Å². The SMILES string of the molecule is Cc1ccn(CCC(=O)N2CCCC2C(=O)O)c(=O)c1. The standard InChI is InChI=1S/C14H18N2O4/c1-10-4-7-15(13(18)9-10)8-5-12(17)16-6-2-3-11(16)14(19)20/h4,7,9,11H,2-3,5-6,8H2,1H3,(H,19,20). The molecule has 1 fully saturated rings. The van der Waals surface area contributed by atoms with Crippen molar-refractivity contribution in [2.24, 2.45) is 0 Å². The van der Waals surface area contributed by atoms with Gasteiger partial charge in [0.15, 0.2) is 0 Å². The van der Waals surface area contributed by atoms with Crippen molar-refractivity contribution in [2.45, 2.75) is 38.8 Å². The van der Waals surface area contributed by atoms with Gasteiger partial charge in [-0.1, -0.05) is 0 Å². The van der Waals surface area contributed by atoms with Crippen LogP contribution in [0.5, 0.6) is 0 Å². The number of hydrogen-bond acceptors (Lipinski definition) is 3. The Morgan fingerprint density at radius 1 is 1.45 bits per heavy atom. The van der Waals surface area contributed by atoms with E-state index in [-0.39, 0.29) is 24.4 Å². The molecular weight excluding hydrogens is 260 g/mol. The fraction of sp³-hybridized carbons (Fsp3) is 0.500. The summed E-state index contributed by atoms with van der Waals surface area (Å²) in [4.78, 5) is 36.2. The van der Waals surface area contributed by atoms with Crippen molar-refractivity contribution in [3.05, 3.63) is 34.2 Å². The van der Waals surface area contributed by atoms with Crippen molar-refractivity contribution in [1.82, 2.24) is 9.47 Å². The molecule has 1 unspecified atom stereocenters. The average molecular weight is 278 g/mol. The van der Waals surface area contributed by atoms with E-state index in [1.165, 1.54) is 15.5 Å². The summed E-state index contributed by atoms with van der Waals surface area (Å²) in [6.45, 7) is 2.60. The van der Waals surface area contributed by atoms with Crippen LogP contribution in [0.3, 0.4) is 0 Å². The highest BCUT2D eigenvalue weighted by Gasteiger charge is 2.33. The number of carbonyl (C=O) groups is 2. The lowest BCUT2D eigenvalue weighted by Gasteiger charge is -2.21. The molecule has 1 aliphatic rings. The largest absolute Gasteiger partial charge is 0.480 e. The Morgan fingerprint density at radius 2 is 2.20 bits per heavy atom. The number of carbonyl (C=O) groups excluding carboxylic acids is 1. The summed E-state index contributed by atoms with van der Waals surface area (Å²) >= 11 is 0. The molecule has 0 aromatic carbocycles. The fourth-order valence-corrected chi connectivity index (χ4v) is 2.47. The quantitative estimate of drug-likeness (QED) is 0.875. The van der Waals surface area contributed by atoms with Crippen molar-refractivity contribution < 1.29 is 14.7 Å². The van der Waals surface area contributed by atoms with Crippen LogP contribution >= 0.6 is 0 Å². The third kappa shape index (κ3) is 3.07. The average Bonchev–Trinajstić information content (AvgIpc) is 2.86. The van der Waals surface area contributed by atoms with E-state index in [1.807, 2.05) is 13.0 Å². The van der Waals surface area contributed by atoms with Gasteiger partial charge in [0.2, 0.25) is 5.91 Å². The van der Waals surface area contributed by atoms with Gasteiger partial charge in [0.05, 0.1) is 0 Å². The van der Waals surface area contributed by atoms with Crippen LogP contribution in [-0.2, 0) is 16.1 Å². The molecule has 20 heavy (non-hydrogen) atoms. The van der Waals surface area contributed by atoms with Gasteiger partial charge < -0.3 is 14.6 Å². The molecule has 1 aromatic rings. The van der Waals surface area contributed by atoms with Gasteiger partial charge in [0.25, 0.3) is 5.56 Å². The second kappa shape index (κ2) is 5.90. The number of hydrogen-bond donors (Lipinski definition) is 1. The Labute approximate surface area is 116 Å². The Balaban J connectivity index is 1.98. The third-order valence-electron chi connectivity index (χ3n) is 3.58. The van der Waals surface area contributed by atoms with Crippen molar-refractivity contribution in [1.29, 1.82) is 0 Å². The molecular formula is C14H18N2O4. The number of likely N-dealkylation sites (tertiary alicyclic amines) is 1. The maximum absolute atomic E-state index is 12.1. The minimum Gasteiger partial charge on any atom is -0.480 e. The Kier molecular flexibility index (Phi) is 4.22. The fourth-order valence-electron chi connectivity index (χ4n) is 2.47. The van der Waals surface area contributed by atoms with Crippen LogP contribution in [0.2, 0.25) is 0 Å². The van der Waals surface area contributed by atoms with Crippen molar-refractivity contribution in [2.75, 3.05) is 6.54 Å². The van der Waals surface area contributed by atoms with E-state index in [1.54, 1.807) is 6.20 Å². The van der Waals surface area contributed by atoms with Gasteiger partial charge >= 0.3 is 5.97 Å². The number of aliphatic carboxylic acids is 1. The van der Waals surface area contributed by atoms with E-state index >= 15 is 0 Å². The number of aryl methyl sites for hydroxylation is 2. The number of carboxylic acids is 1. The van der Waals surface area contributed by atoms with Crippen molar-refractivity contribution >= 4 is 11.9 Å². The normalized spacial score (nSPS) is 18.2. The van der Waals surface area contributed by atoms with Gasteiger partial charge in [-0.15, -0.1) is 0 Å². The number of amides is 1. The maximum Gasteiger partial charge on any atom is 0.326 e. The molecule has 1 aromatic heterocycles. The van der Waals surface area contributed by atoms with E-state index in [2.05, 4.69) is 0 Å². The summed E-state index contributed by atoms with van der Waals surface area (Å²) in [6, 6.07) is 2.61. The summed E-state index contributed by atoms with van der Waals surface area (Å²) in [5, 5.41) is 9.04. The lowest BCUT2D eigenvalue weighted by atomic mass is 10.2. The molecule has 1 saturated heterocycles. The lowest BCUT2D eigenvalue weighted by molar-refractivity contribution is -0.148. The van der Waals surface area contributed by atoms with Gasteiger partial charge in [-0.25, -0.2) is 4.79 Å². The monoisotopic (exact) mass is 278 g/mol. The first kappa shape index (κ1) is 14.3. The first-order valence-corrected chi connectivity index (χ1v) is 6.68. The second-order valence-electron chi connectivity index (χ2n) is 5.07. The summed E-state index contributed by atoms with van der Waals surface area (Å²) in [5.74, 6) is -1.16. The molecule has 2 rings (SSSR count). The molecule has 1 amide bonds. The molecule has 0 saturated carbocycles. The Hall–Kier alpha value is -2.11. The smallest absolute Gasteiger partial charge is 0.326 e. The van der Waals surface area contributed by atoms with Crippen molar-refractivity contribution in [3.63, 3.8) is 0 Å². The second-order valence-corrected chi connectivity index (χ2v) is 5.07. The molecule has 108 valence electrons. The molecule has 0 bridgehead atoms. The highest BCUT2D eigenvalue weighted by Crippen LogP contribution is 2.18. The van der Waals surface area contributed by atoms with Crippen LogP contribution in [0.1, 0.15) is 24.8 Å². The number of rotatable bonds is 4. The summed E-state index contributed by atoms with van der Waals surface area (Å²) in [7, 11) is 0. The van der Waals surface area contributed by atoms with Gasteiger partial charge in [-0.2, -0.15) is 0 Å². The number of pyridine rings is 1. The predicted octanol–water partition coefficient (Wildman–Crippen LogP) is 0.622. The topological polar surface area (TPSA) is 79.6 Å². The van der Waals surface area contributed by atoms with Crippen LogP contribution in [0.25, 0.3) is 0 Å². The highest BCUT2D eigenvalue weighted by atomic mass is 16.4. The first-order chi connectivity index (χ1) is 9.49. The molecule has 1 aliphatic heterocycles. The van der Waals surface area contributed by atoms with E-state index in [0.717, 1.165) is 5.56 Å². The molecule has 6 nitrogen and oxygen atoms in total. The summed E-state index contributed by atoms with van der Waals surface area (Å²) in [5.41, 5.74) is 0.733. The first-order valence-electron chi connectivity index (χ1n) is 6.68. The molecule has 1 N–H and O–H groups in total. The van der Waals surface area contributed by atoms with E-state index in [9.17, 15) is 14.4 Å². The molecule has 6 heteroatoms. The highest BCUT2D eigenvalue weighted by molar-refractivity contribution is 5.84. The molecule has 0 spiro atoms. The van der Waals surface area contributed by atoms with Crippen LogP contribution in [0.4, 0.5) is 0 Å². The predicted molar refractivity (Wildman–Crippen MR) is 72.4 cm³/mol. The molecule has 1 atom stereocenters. The van der Waals surface area contributed by atoms with E-state index in [4.69, 9.17) is 5.11 Å². The molecule has 2 heterocycles. The molecule has 0 aliphatic carbocycles. The zero-order valence-electron chi connectivity index (χ0n) is 11.4. The van der Waals surface area contributed by atoms with E-state index in [0.29, 0.717) is 19.4 Å². The lowest BCUT2D eigenvalue weighted by Crippen LogP contribution is -2.41. The molecule has 0 radical (unpaired) electrons. The number of carboxylic acid groups (broad SMARTS) is 1. The Morgan fingerprint density at radius 3 is 2.85 bits per heavy atom. The maximum atomic E-state index is 12.1. The van der Waals surface area contributed by atoms with E-state index < -0.39 is 12.0 Å². The zero-order chi connectivity index (χ0) is 14.7. The van der Waals surface area contributed by atoms with Gasteiger partial charge in [-0.05, 0) is 31.4 Å². The zero-order valence-corrected chi connectivity index (χ0v) is 11.4. The van der Waals surface area contributed by atoms with Crippen LogP contribution in [-0.4, -0.2) is 39.0 Å². The summed E-state index contributed by atoms with van der Waals surface area (Å²) < 4.78 is 1.47. The van der Waals surface area contributed by atoms with Gasteiger partial charge in [0.1, 0.15) is 6.04 Å². The van der Waals surface area contributed by atoms with Crippen molar-refractivity contribution in [3.8, 4) is 0 Å². The minimum atomic E-state index is -0.955. The Bertz CT molecular complexity index is 579.